The molecule has 0 aromatic carbocycles. The van der Waals surface area contributed by atoms with Gasteiger partial charge >= 0.3 is 0 Å². The Balaban J connectivity index is 1.60. The maximum absolute atomic E-state index is 11.7. The number of aromatic amines is 1. The molecule has 0 aliphatic heterocycles. The van der Waals surface area contributed by atoms with E-state index in [1.165, 1.54) is 5.56 Å². The van der Waals surface area contributed by atoms with Gasteiger partial charge in [-0.05, 0) is 44.6 Å². The number of nitrogens with two attached hydrogens (primary N) is 1. The van der Waals surface area contributed by atoms with Gasteiger partial charge in [-0.25, -0.2) is 0 Å². The largest absolute Gasteiger partial charge is 0.356 e. The van der Waals surface area contributed by atoms with Crippen LogP contribution in [0.1, 0.15) is 43.4 Å². The molecule has 0 saturated heterocycles. The lowest BCUT2D eigenvalue weighted by molar-refractivity contribution is -0.123. The van der Waals surface area contributed by atoms with E-state index in [0.717, 1.165) is 37.8 Å². The molecule has 1 saturated carbocycles. The molecule has 1 heterocycles. The van der Waals surface area contributed by atoms with E-state index in [4.69, 9.17) is 5.73 Å². The quantitative estimate of drug-likeness (QED) is 0.660. The molecule has 5 nitrogen and oxygen atoms in total. The van der Waals surface area contributed by atoms with Gasteiger partial charge in [-0.1, -0.05) is 0 Å². The molecular formula is C13H22N4O. The molecule has 1 aromatic heterocycles. The number of nitrogens with one attached hydrogen (secondary N) is 2. The molecule has 4 N–H and O–H groups in total. The molecule has 0 spiro atoms. The molecule has 0 unspecified atom stereocenters. The zero-order valence-corrected chi connectivity index (χ0v) is 11.0. The standard InChI is InChI=1S/C13H22N4O/c1-10-11(9-16-17-10)4-2-7-15-12(18)8-13(14)5-3-6-13/h9H,2-8,14H2,1H3,(H,15,18)(H,16,17). The van der Waals surface area contributed by atoms with Gasteiger partial charge in [0.25, 0.3) is 0 Å². The molecule has 100 valence electrons. The van der Waals surface area contributed by atoms with Gasteiger partial charge in [0.15, 0.2) is 0 Å². The van der Waals surface area contributed by atoms with E-state index in [9.17, 15) is 4.79 Å². The van der Waals surface area contributed by atoms with Gasteiger partial charge in [-0.3, -0.25) is 9.89 Å². The molecule has 1 aliphatic carbocycles. The van der Waals surface area contributed by atoms with Crippen molar-refractivity contribution in [2.45, 2.75) is 51.0 Å². The summed E-state index contributed by atoms with van der Waals surface area (Å²) in [5.74, 6) is 0.0844. The number of carbonyl (C=O) groups excluding carboxylic acids is 1. The van der Waals surface area contributed by atoms with E-state index >= 15 is 0 Å². The molecule has 18 heavy (non-hydrogen) atoms. The second kappa shape index (κ2) is 5.52. The molecule has 1 aromatic rings. The summed E-state index contributed by atoms with van der Waals surface area (Å²) in [4.78, 5) is 11.7. The van der Waals surface area contributed by atoms with Crippen LogP contribution < -0.4 is 11.1 Å². The highest BCUT2D eigenvalue weighted by Crippen LogP contribution is 2.31. The molecule has 1 amide bonds. The van der Waals surface area contributed by atoms with Crippen molar-refractivity contribution in [2.24, 2.45) is 5.73 Å². The normalized spacial score (nSPS) is 17.2. The van der Waals surface area contributed by atoms with Crippen LogP contribution >= 0.6 is 0 Å². The van der Waals surface area contributed by atoms with Gasteiger partial charge in [0.2, 0.25) is 5.91 Å². The Kier molecular flexibility index (Phi) is 4.01. The summed E-state index contributed by atoms with van der Waals surface area (Å²) in [5.41, 5.74) is 8.14. The second-order valence-corrected chi connectivity index (χ2v) is 5.37. The summed E-state index contributed by atoms with van der Waals surface area (Å²) in [5, 5.41) is 9.82. The van der Waals surface area contributed by atoms with Crippen LogP contribution in [-0.2, 0) is 11.2 Å². The third-order valence-corrected chi connectivity index (χ3v) is 3.74. The van der Waals surface area contributed by atoms with E-state index in [-0.39, 0.29) is 11.4 Å². The van der Waals surface area contributed by atoms with Crippen molar-refractivity contribution in [1.82, 2.24) is 15.5 Å². The van der Waals surface area contributed by atoms with Crippen molar-refractivity contribution in [3.8, 4) is 0 Å². The van der Waals surface area contributed by atoms with Crippen molar-refractivity contribution in [3.63, 3.8) is 0 Å². The monoisotopic (exact) mass is 250 g/mol. The number of rotatable bonds is 6. The molecule has 0 radical (unpaired) electrons. The van der Waals surface area contributed by atoms with Crippen molar-refractivity contribution >= 4 is 5.91 Å². The highest BCUT2D eigenvalue weighted by atomic mass is 16.1. The lowest BCUT2D eigenvalue weighted by atomic mass is 9.75. The predicted octanol–water partition coefficient (Wildman–Crippen LogP) is 1.04. The minimum absolute atomic E-state index is 0.0844. The number of hydrogen-bond acceptors (Lipinski definition) is 3. The maximum atomic E-state index is 11.7. The number of aryl methyl sites for hydroxylation is 2. The third kappa shape index (κ3) is 3.32. The van der Waals surface area contributed by atoms with E-state index < -0.39 is 0 Å². The second-order valence-electron chi connectivity index (χ2n) is 5.37. The minimum Gasteiger partial charge on any atom is -0.356 e. The van der Waals surface area contributed by atoms with Crippen molar-refractivity contribution < 1.29 is 4.79 Å². The zero-order valence-electron chi connectivity index (χ0n) is 11.0. The Bertz CT molecular complexity index is 409. The van der Waals surface area contributed by atoms with Crippen LogP contribution in [0.2, 0.25) is 0 Å². The Hall–Kier alpha value is -1.36. The molecule has 0 bridgehead atoms. The fourth-order valence-electron chi connectivity index (χ4n) is 2.32. The van der Waals surface area contributed by atoms with Gasteiger partial charge in [-0.2, -0.15) is 5.10 Å². The van der Waals surface area contributed by atoms with Crippen LogP contribution in [0, 0.1) is 6.92 Å². The fourth-order valence-corrected chi connectivity index (χ4v) is 2.32. The van der Waals surface area contributed by atoms with Crippen molar-refractivity contribution in [3.05, 3.63) is 17.5 Å². The summed E-state index contributed by atoms with van der Waals surface area (Å²) in [6.45, 7) is 2.72. The lowest BCUT2D eigenvalue weighted by Gasteiger charge is -2.37. The molecule has 5 heteroatoms. The highest BCUT2D eigenvalue weighted by molar-refractivity contribution is 5.77. The maximum Gasteiger partial charge on any atom is 0.221 e. The van der Waals surface area contributed by atoms with Crippen molar-refractivity contribution in [1.29, 1.82) is 0 Å². The fraction of sp³-hybridized carbons (Fsp3) is 0.692. The van der Waals surface area contributed by atoms with E-state index in [0.29, 0.717) is 13.0 Å². The van der Waals surface area contributed by atoms with E-state index in [1.54, 1.807) is 0 Å². The van der Waals surface area contributed by atoms with Gasteiger partial charge in [0.05, 0.1) is 6.20 Å². The number of amides is 1. The highest BCUT2D eigenvalue weighted by Gasteiger charge is 2.34. The van der Waals surface area contributed by atoms with Crippen LogP contribution in [-0.4, -0.2) is 28.2 Å². The van der Waals surface area contributed by atoms with Gasteiger partial charge in [0, 0.05) is 24.2 Å². The average Bonchev–Trinajstić information content (AvgIpc) is 2.68. The van der Waals surface area contributed by atoms with E-state index in [1.807, 2.05) is 13.1 Å². The first kappa shape index (κ1) is 13.1. The van der Waals surface area contributed by atoms with Gasteiger partial charge in [-0.15, -0.1) is 0 Å². The van der Waals surface area contributed by atoms with Crippen molar-refractivity contribution in [2.75, 3.05) is 6.54 Å². The minimum atomic E-state index is -0.217. The van der Waals surface area contributed by atoms with Crippen LogP contribution in [0.25, 0.3) is 0 Å². The first-order valence-corrected chi connectivity index (χ1v) is 6.63. The van der Waals surface area contributed by atoms with Crippen LogP contribution in [0.3, 0.4) is 0 Å². The molecular weight excluding hydrogens is 228 g/mol. The SMILES string of the molecule is Cc1[nH]ncc1CCCNC(=O)CC1(N)CCC1. The summed E-state index contributed by atoms with van der Waals surface area (Å²) in [6.07, 6.45) is 7.31. The topological polar surface area (TPSA) is 83.8 Å². The molecule has 0 atom stereocenters. The number of H-pyrrole nitrogens is 1. The number of hydrogen-bond donors (Lipinski definition) is 3. The Morgan fingerprint density at radius 2 is 2.39 bits per heavy atom. The Labute approximate surface area is 108 Å². The molecule has 1 aliphatic rings. The Morgan fingerprint density at radius 1 is 1.61 bits per heavy atom. The zero-order chi connectivity index (χ0) is 13.0. The number of nitrogens with zero attached hydrogens (tertiary/aromatic N) is 1. The number of aromatic nitrogens is 2. The predicted molar refractivity (Wildman–Crippen MR) is 70.0 cm³/mol. The third-order valence-electron chi connectivity index (χ3n) is 3.74. The lowest BCUT2D eigenvalue weighted by Crippen LogP contribution is -2.50. The summed E-state index contributed by atoms with van der Waals surface area (Å²) in [7, 11) is 0. The van der Waals surface area contributed by atoms with Gasteiger partial charge in [0.1, 0.15) is 0 Å². The summed E-state index contributed by atoms with van der Waals surface area (Å²) in [6, 6.07) is 0. The van der Waals surface area contributed by atoms with Gasteiger partial charge < -0.3 is 11.1 Å². The molecule has 2 rings (SSSR count). The molecule has 1 fully saturated rings. The first-order valence-electron chi connectivity index (χ1n) is 6.63. The van der Waals surface area contributed by atoms with E-state index in [2.05, 4.69) is 15.5 Å². The summed E-state index contributed by atoms with van der Waals surface area (Å²) >= 11 is 0. The van der Waals surface area contributed by atoms with Crippen LogP contribution in [0.4, 0.5) is 0 Å². The summed E-state index contributed by atoms with van der Waals surface area (Å²) < 4.78 is 0. The smallest absolute Gasteiger partial charge is 0.221 e. The number of carbonyl (C=O) groups is 1. The average molecular weight is 250 g/mol. The van der Waals surface area contributed by atoms with Crippen LogP contribution in [0.5, 0.6) is 0 Å². The Morgan fingerprint density at radius 3 is 2.94 bits per heavy atom. The van der Waals surface area contributed by atoms with Crippen LogP contribution in [0.15, 0.2) is 6.20 Å². The first-order chi connectivity index (χ1) is 8.59.